The van der Waals surface area contributed by atoms with Crippen LogP contribution in [0.3, 0.4) is 0 Å². The maximum atomic E-state index is 15.2. The summed E-state index contributed by atoms with van der Waals surface area (Å²) < 4.78 is 139. The molecule has 0 spiro atoms. The number of benzene rings is 1. The van der Waals surface area contributed by atoms with Crippen molar-refractivity contribution in [1.82, 2.24) is 34.6 Å². The average molecular weight is 974 g/mol. The number of methoxy groups -OCH3 is 1. The number of aromatic nitrogens is 3. The van der Waals surface area contributed by atoms with Gasteiger partial charge >= 0.3 is 18.4 Å². The van der Waals surface area contributed by atoms with Crippen molar-refractivity contribution >= 4 is 44.7 Å². The first-order valence-corrected chi connectivity index (χ1v) is 23.0. The monoisotopic (exact) mass is 973 g/mol. The summed E-state index contributed by atoms with van der Waals surface area (Å²) >= 11 is 0. The zero-order valence-electron chi connectivity index (χ0n) is 37.0. The van der Waals surface area contributed by atoms with Crippen molar-refractivity contribution in [2.75, 3.05) is 20.3 Å². The van der Waals surface area contributed by atoms with Crippen LogP contribution in [0, 0.1) is 17.8 Å². The van der Waals surface area contributed by atoms with Gasteiger partial charge in [0.25, 0.3) is 5.91 Å². The van der Waals surface area contributed by atoms with Crippen molar-refractivity contribution in [1.29, 1.82) is 0 Å². The molecule has 4 heterocycles. The second-order valence-electron chi connectivity index (χ2n) is 18.5. The number of nitrogens with one attached hydrogen (secondary N) is 2. The van der Waals surface area contributed by atoms with Crippen molar-refractivity contribution in [3.8, 4) is 17.3 Å². The molecule has 67 heavy (non-hydrogen) atoms. The average Bonchev–Trinajstić information content (AvgIpc) is 4.06. The Labute approximate surface area is 380 Å². The van der Waals surface area contributed by atoms with Crippen molar-refractivity contribution in [3.63, 3.8) is 0 Å². The number of carboxylic acid groups (broad SMARTS) is 1. The zero-order valence-corrected chi connectivity index (χ0v) is 37.8. The molecule has 2 aliphatic heterocycles. The molecule has 4 amide bonds. The van der Waals surface area contributed by atoms with Crippen LogP contribution in [0.15, 0.2) is 48.7 Å². The van der Waals surface area contributed by atoms with Gasteiger partial charge in [-0.2, -0.15) is 31.4 Å². The van der Waals surface area contributed by atoms with Gasteiger partial charge < -0.3 is 24.8 Å². The number of alkyl halides is 7. The number of carbonyl (C=O) groups is 4. The van der Waals surface area contributed by atoms with Gasteiger partial charge in [0.2, 0.25) is 21.8 Å². The highest BCUT2D eigenvalue weighted by Crippen LogP contribution is 2.48. The number of nitrogens with zero attached hydrogens (tertiary/aromatic N) is 5. The van der Waals surface area contributed by atoms with Crippen LogP contribution in [-0.2, 0) is 30.6 Å². The Morgan fingerprint density at radius 1 is 1.06 bits per heavy atom. The van der Waals surface area contributed by atoms with E-state index in [1.165, 1.54) is 38.3 Å². The number of fused-ring (bicyclic) bond motifs is 3. The molecule has 3 fully saturated rings. The molecule has 1 aromatic carbocycles. The van der Waals surface area contributed by atoms with Gasteiger partial charge in [-0.15, -0.1) is 0 Å². The Morgan fingerprint density at radius 3 is 2.36 bits per heavy atom. The van der Waals surface area contributed by atoms with Crippen LogP contribution in [0.2, 0.25) is 0 Å². The van der Waals surface area contributed by atoms with Crippen LogP contribution in [0.4, 0.5) is 35.5 Å². The summed E-state index contributed by atoms with van der Waals surface area (Å²) in [5.41, 5.74) is -6.20. The fourth-order valence-corrected chi connectivity index (χ4v) is 10.5. The Hall–Kier alpha value is -5.68. The minimum atomic E-state index is -5.20. The topological polar surface area (TPSA) is 202 Å². The van der Waals surface area contributed by atoms with Crippen LogP contribution < -0.4 is 19.5 Å². The molecule has 2 aliphatic carbocycles. The van der Waals surface area contributed by atoms with Crippen molar-refractivity contribution in [2.24, 2.45) is 17.8 Å². The summed E-state index contributed by atoms with van der Waals surface area (Å²) in [5, 5.41) is 17.0. The predicted molar refractivity (Wildman–Crippen MR) is 224 cm³/mol. The highest BCUT2D eigenvalue weighted by molar-refractivity contribution is 7.91. The molecule has 4 aliphatic rings. The molecule has 366 valence electrons. The number of ether oxygens (including phenoxy) is 2. The summed E-state index contributed by atoms with van der Waals surface area (Å²) in [6.07, 6.45) is -8.88. The second kappa shape index (κ2) is 17.4. The number of rotatable bonds is 10. The van der Waals surface area contributed by atoms with E-state index in [0.29, 0.717) is 32.4 Å². The highest BCUT2D eigenvalue weighted by atomic mass is 32.2. The summed E-state index contributed by atoms with van der Waals surface area (Å²) in [6, 6.07) is 2.72. The van der Waals surface area contributed by atoms with Gasteiger partial charge in [0.05, 0.1) is 19.2 Å². The highest BCUT2D eigenvalue weighted by Gasteiger charge is 2.64. The number of halogens is 7. The van der Waals surface area contributed by atoms with Gasteiger partial charge in [-0.3, -0.25) is 24.0 Å². The van der Waals surface area contributed by atoms with E-state index in [0.717, 1.165) is 21.8 Å². The molecule has 7 atom stereocenters. The smallest absolute Gasteiger partial charge is 0.435 e. The third-order valence-corrected chi connectivity index (χ3v) is 15.5. The van der Waals surface area contributed by atoms with E-state index >= 15 is 4.79 Å². The van der Waals surface area contributed by atoms with Crippen LogP contribution in [0.5, 0.6) is 11.5 Å². The third-order valence-electron chi connectivity index (χ3n) is 13.4. The molecule has 3 N–H and O–H groups in total. The standard InChI is InChI=1S/C43H50F7N7O9S/c1-23-8-6-7-9-25-20-41(25,37(60)54-67(63,64)40(22-44)13-14-40)52-35(58)30-18-27(21-55(30)36(59)34(24(2)16-23)57(38(61)62)39(3,4)43(48,49)50)66-31-19-33(56-15-12-32(53-56)42(45,46)47)51-29-17-26(65-5)10-11-28(29)31/h7,9-12,15,17,19,23-25,27,30,34H,6,8,13-14,16,18,20-22H2,1-5H3,(H,52,58)(H,54,60)(H,61,62)/b9-7-/t23-,24-,25-,27-,30+,34+,41-/m1/s1. The number of allylic oxidation sites excluding steroid dienone is 1. The van der Waals surface area contributed by atoms with Crippen molar-refractivity contribution in [3.05, 3.63) is 54.4 Å². The van der Waals surface area contributed by atoms with Crippen molar-refractivity contribution in [2.45, 2.75) is 119 Å². The lowest BCUT2D eigenvalue weighted by molar-refractivity contribution is -0.222. The number of hydrogen-bond donors (Lipinski definition) is 3. The quantitative estimate of drug-likeness (QED) is 0.152. The Bertz CT molecular complexity index is 2580. The number of hydrogen-bond acceptors (Lipinski definition) is 10. The molecule has 0 unspecified atom stereocenters. The molecular formula is C43H50F7N7O9S. The summed E-state index contributed by atoms with van der Waals surface area (Å²) in [7, 11) is -3.23. The zero-order chi connectivity index (χ0) is 49.2. The maximum Gasteiger partial charge on any atom is 0.435 e. The molecule has 7 rings (SSSR count). The third kappa shape index (κ3) is 9.33. The molecule has 24 heteroatoms. The fourth-order valence-electron chi connectivity index (χ4n) is 9.03. The van der Waals surface area contributed by atoms with E-state index in [1.807, 2.05) is 4.72 Å². The van der Waals surface area contributed by atoms with E-state index < -0.39 is 117 Å². The predicted octanol–water partition coefficient (Wildman–Crippen LogP) is 6.32. The summed E-state index contributed by atoms with van der Waals surface area (Å²) in [5.74, 6) is -5.55. The largest absolute Gasteiger partial charge is 0.497 e. The molecular weight excluding hydrogens is 924 g/mol. The lowest BCUT2D eigenvalue weighted by Gasteiger charge is -2.45. The number of pyridine rings is 1. The van der Waals surface area contributed by atoms with E-state index in [-0.39, 0.29) is 59.0 Å². The first kappa shape index (κ1) is 49.2. The van der Waals surface area contributed by atoms with Gasteiger partial charge in [-0.25, -0.2) is 27.3 Å². The van der Waals surface area contributed by atoms with Gasteiger partial charge in [-0.05, 0) is 82.4 Å². The van der Waals surface area contributed by atoms with E-state index in [4.69, 9.17) is 9.47 Å². The first-order valence-electron chi connectivity index (χ1n) is 21.5. The Balaban J connectivity index is 1.32. The Kier molecular flexibility index (Phi) is 12.8. The van der Waals surface area contributed by atoms with E-state index in [9.17, 15) is 58.6 Å². The van der Waals surface area contributed by atoms with Gasteiger partial charge in [0.1, 0.15) is 52.2 Å². The minimum Gasteiger partial charge on any atom is -0.497 e. The molecule has 2 aromatic heterocycles. The van der Waals surface area contributed by atoms with Crippen LogP contribution >= 0.6 is 0 Å². The van der Waals surface area contributed by atoms with Gasteiger partial charge in [0, 0.05) is 36.1 Å². The Morgan fingerprint density at radius 2 is 1.76 bits per heavy atom. The molecule has 0 radical (unpaired) electrons. The second-order valence-corrected chi connectivity index (χ2v) is 20.6. The molecule has 1 saturated heterocycles. The van der Waals surface area contributed by atoms with Gasteiger partial charge in [-0.1, -0.05) is 26.0 Å². The molecule has 16 nitrogen and oxygen atoms in total. The maximum absolute atomic E-state index is 15.2. The van der Waals surface area contributed by atoms with Crippen molar-refractivity contribution < 1.29 is 72.9 Å². The number of sulfonamides is 1. The molecule has 0 bridgehead atoms. The molecule has 3 aromatic rings. The van der Waals surface area contributed by atoms with Crippen LogP contribution in [0.1, 0.15) is 78.3 Å². The van der Waals surface area contributed by atoms with E-state index in [1.54, 1.807) is 19.1 Å². The summed E-state index contributed by atoms with van der Waals surface area (Å²) in [6.45, 7) is 2.59. The number of carbonyl (C=O) groups excluding carboxylic acids is 3. The fraction of sp³-hybridized carbons (Fsp3) is 0.581. The van der Waals surface area contributed by atoms with E-state index in [2.05, 4.69) is 15.4 Å². The SMILES string of the molecule is COc1ccc2c(O[C@@H]3C[C@H]4C(=O)N[C@]5(C(=O)NS(=O)(=O)C6(CF)CC6)C[C@H]5/C=C\CC[C@@H](C)C[C@@H](C)[C@H](N(C(=O)O)C(C)(C)C(F)(F)F)C(=O)N4C3)cc(-n3ccc(C(F)(F)F)n3)nc2c1. The lowest BCUT2D eigenvalue weighted by Crippen LogP contribution is -2.66. The van der Waals surface area contributed by atoms with Gasteiger partial charge in [0.15, 0.2) is 11.5 Å². The summed E-state index contributed by atoms with van der Waals surface area (Å²) in [4.78, 5) is 62.4. The minimum absolute atomic E-state index is 0.0402. The lowest BCUT2D eigenvalue weighted by atomic mass is 9.85. The van der Waals surface area contributed by atoms with Crippen LogP contribution in [-0.4, -0.2) is 122 Å². The number of amides is 4. The molecule has 2 saturated carbocycles. The van der Waals surface area contributed by atoms with Crippen LogP contribution in [0.25, 0.3) is 16.7 Å². The normalized spacial score (nSPS) is 27.4. The first-order chi connectivity index (χ1) is 31.2.